The Labute approximate surface area is 214 Å². The molecule has 1 aliphatic heterocycles. The summed E-state index contributed by atoms with van der Waals surface area (Å²) in [5.41, 5.74) is 3.57. The van der Waals surface area contributed by atoms with E-state index < -0.39 is 0 Å². The molecular weight excluding hydrogens is 450 g/mol. The molecule has 0 spiro atoms. The molecule has 0 aromatic heterocycles. The number of benzene rings is 3. The van der Waals surface area contributed by atoms with Gasteiger partial charge >= 0.3 is 6.09 Å². The second-order valence-corrected chi connectivity index (χ2v) is 9.44. The highest BCUT2D eigenvalue weighted by molar-refractivity contribution is 5.67. The number of hydrogen-bond donors (Lipinski definition) is 1. The van der Waals surface area contributed by atoms with Crippen molar-refractivity contribution in [2.24, 2.45) is 0 Å². The monoisotopic (exact) mass is 487 g/mol. The Balaban J connectivity index is 1.26. The summed E-state index contributed by atoms with van der Waals surface area (Å²) in [6, 6.07) is 29.3. The third-order valence-corrected chi connectivity index (χ3v) is 6.74. The van der Waals surface area contributed by atoms with E-state index in [1.54, 1.807) is 7.11 Å². The Morgan fingerprint density at radius 3 is 2.00 bits per heavy atom. The largest absolute Gasteiger partial charge is 0.497 e. The topological polar surface area (TPSA) is 54.0 Å². The zero-order valence-electron chi connectivity index (χ0n) is 21.3. The van der Waals surface area contributed by atoms with Crippen molar-refractivity contribution < 1.29 is 14.3 Å². The van der Waals surface area contributed by atoms with E-state index in [0.29, 0.717) is 25.7 Å². The molecule has 3 aromatic rings. The number of nitrogens with one attached hydrogen (secondary N) is 1. The minimum Gasteiger partial charge on any atom is -0.497 e. The Kier molecular flexibility index (Phi) is 9.22. The van der Waals surface area contributed by atoms with Gasteiger partial charge in [-0.25, -0.2) is 4.79 Å². The molecule has 1 aliphatic rings. The highest BCUT2D eigenvalue weighted by Gasteiger charge is 2.25. The van der Waals surface area contributed by atoms with Gasteiger partial charge < -0.3 is 19.7 Å². The van der Waals surface area contributed by atoms with Gasteiger partial charge in [0.05, 0.1) is 7.11 Å². The molecular formula is C30H37N3O3. The Morgan fingerprint density at radius 1 is 0.917 bits per heavy atom. The average molecular weight is 488 g/mol. The molecule has 1 atom stereocenters. The van der Waals surface area contributed by atoms with Crippen molar-refractivity contribution in [3.63, 3.8) is 0 Å². The second-order valence-electron chi connectivity index (χ2n) is 9.44. The lowest BCUT2D eigenvalue weighted by atomic mass is 10.1. The van der Waals surface area contributed by atoms with Crippen molar-refractivity contribution in [1.82, 2.24) is 9.80 Å². The van der Waals surface area contributed by atoms with E-state index >= 15 is 0 Å². The van der Waals surface area contributed by atoms with Gasteiger partial charge in [0.25, 0.3) is 0 Å². The van der Waals surface area contributed by atoms with Gasteiger partial charge in [-0.15, -0.1) is 0 Å². The van der Waals surface area contributed by atoms with E-state index in [2.05, 4.69) is 65.7 Å². The summed E-state index contributed by atoms with van der Waals surface area (Å²) in [5, 5.41) is 3.56. The van der Waals surface area contributed by atoms with E-state index in [-0.39, 0.29) is 12.1 Å². The van der Waals surface area contributed by atoms with Crippen molar-refractivity contribution >= 4 is 11.8 Å². The number of ether oxygens (including phenoxy) is 2. The summed E-state index contributed by atoms with van der Waals surface area (Å²) in [6.07, 6.45) is 1.57. The van der Waals surface area contributed by atoms with E-state index in [1.807, 2.05) is 41.3 Å². The summed E-state index contributed by atoms with van der Waals surface area (Å²) in [4.78, 5) is 17.0. The van der Waals surface area contributed by atoms with Gasteiger partial charge in [0.1, 0.15) is 12.4 Å². The quantitative estimate of drug-likeness (QED) is 0.392. The van der Waals surface area contributed by atoms with Crippen molar-refractivity contribution in [1.29, 1.82) is 0 Å². The zero-order valence-corrected chi connectivity index (χ0v) is 21.3. The number of methoxy groups -OCH3 is 1. The van der Waals surface area contributed by atoms with Gasteiger partial charge in [0.2, 0.25) is 0 Å². The molecule has 1 N–H and O–H groups in total. The molecule has 0 radical (unpaired) electrons. The SMILES string of the molecule is COc1ccc(NC2CCN(C(=O)OCC(C)N(Cc3ccccc3)Cc3ccccc3)CC2)cc1. The van der Waals surface area contributed by atoms with Gasteiger partial charge in [-0.05, 0) is 55.2 Å². The Bertz CT molecular complexity index is 1010. The first-order chi connectivity index (χ1) is 17.6. The maximum atomic E-state index is 12.8. The van der Waals surface area contributed by atoms with E-state index in [1.165, 1.54) is 11.1 Å². The van der Waals surface area contributed by atoms with E-state index in [4.69, 9.17) is 9.47 Å². The van der Waals surface area contributed by atoms with Crippen molar-refractivity contribution in [2.45, 2.75) is 44.9 Å². The molecule has 6 heteroatoms. The number of carbonyl (C=O) groups is 1. The first-order valence-electron chi connectivity index (χ1n) is 12.7. The number of rotatable bonds is 10. The number of piperidine rings is 1. The fourth-order valence-corrected chi connectivity index (χ4v) is 4.52. The zero-order chi connectivity index (χ0) is 25.2. The van der Waals surface area contributed by atoms with Crippen molar-refractivity contribution in [3.05, 3.63) is 96.1 Å². The maximum Gasteiger partial charge on any atom is 0.409 e. The van der Waals surface area contributed by atoms with Crippen LogP contribution in [0.5, 0.6) is 5.75 Å². The molecule has 1 heterocycles. The molecule has 3 aromatic carbocycles. The first kappa shape index (κ1) is 25.6. The van der Waals surface area contributed by atoms with Crippen LogP contribution in [0.1, 0.15) is 30.9 Å². The minimum atomic E-state index is -0.218. The fourth-order valence-electron chi connectivity index (χ4n) is 4.52. The van der Waals surface area contributed by atoms with E-state index in [9.17, 15) is 4.79 Å². The fraction of sp³-hybridized carbons (Fsp3) is 0.367. The Hall–Kier alpha value is -3.51. The molecule has 0 saturated carbocycles. The van der Waals surface area contributed by atoms with E-state index in [0.717, 1.165) is 37.4 Å². The van der Waals surface area contributed by atoms with Crippen LogP contribution < -0.4 is 10.1 Å². The third kappa shape index (κ3) is 7.49. The van der Waals surface area contributed by atoms with Gasteiger partial charge in [0, 0.05) is 44.0 Å². The van der Waals surface area contributed by atoms with Crippen LogP contribution in [0.4, 0.5) is 10.5 Å². The number of amides is 1. The van der Waals surface area contributed by atoms with Crippen LogP contribution in [0.15, 0.2) is 84.9 Å². The number of anilines is 1. The van der Waals surface area contributed by atoms with Gasteiger partial charge in [-0.3, -0.25) is 4.90 Å². The number of hydrogen-bond acceptors (Lipinski definition) is 5. The summed E-state index contributed by atoms with van der Waals surface area (Å²) >= 11 is 0. The summed E-state index contributed by atoms with van der Waals surface area (Å²) in [7, 11) is 1.67. The summed E-state index contributed by atoms with van der Waals surface area (Å²) in [6.45, 7) is 5.48. The third-order valence-electron chi connectivity index (χ3n) is 6.74. The Morgan fingerprint density at radius 2 is 1.47 bits per heavy atom. The van der Waals surface area contributed by atoms with Gasteiger partial charge in [-0.2, -0.15) is 0 Å². The molecule has 190 valence electrons. The van der Waals surface area contributed by atoms with Crippen LogP contribution in [-0.4, -0.2) is 54.8 Å². The van der Waals surface area contributed by atoms with Crippen LogP contribution in [0, 0.1) is 0 Å². The molecule has 1 fully saturated rings. The second kappa shape index (κ2) is 13.0. The van der Waals surface area contributed by atoms with Crippen LogP contribution in [0.3, 0.4) is 0 Å². The van der Waals surface area contributed by atoms with Gasteiger partial charge in [0.15, 0.2) is 0 Å². The minimum absolute atomic E-state index is 0.0867. The van der Waals surface area contributed by atoms with Gasteiger partial charge in [-0.1, -0.05) is 60.7 Å². The highest BCUT2D eigenvalue weighted by atomic mass is 16.6. The molecule has 4 rings (SSSR count). The number of nitrogens with zero attached hydrogens (tertiary/aromatic N) is 2. The lowest BCUT2D eigenvalue weighted by Crippen LogP contribution is -2.44. The van der Waals surface area contributed by atoms with Crippen LogP contribution in [0.25, 0.3) is 0 Å². The standard InChI is InChI=1S/C30H37N3O3/c1-24(33(21-25-9-5-3-6-10-25)22-26-11-7-4-8-12-26)23-36-30(34)32-19-17-28(18-20-32)31-27-13-15-29(35-2)16-14-27/h3-16,24,28,31H,17-23H2,1-2H3. The molecule has 1 saturated heterocycles. The van der Waals surface area contributed by atoms with Crippen LogP contribution in [-0.2, 0) is 17.8 Å². The summed E-state index contributed by atoms with van der Waals surface area (Å²) in [5.74, 6) is 0.846. The van der Waals surface area contributed by atoms with Crippen molar-refractivity contribution in [2.75, 3.05) is 32.1 Å². The smallest absolute Gasteiger partial charge is 0.409 e. The molecule has 6 nitrogen and oxygen atoms in total. The molecule has 36 heavy (non-hydrogen) atoms. The average Bonchev–Trinajstić information content (AvgIpc) is 2.93. The highest BCUT2D eigenvalue weighted by Crippen LogP contribution is 2.20. The van der Waals surface area contributed by atoms with Crippen molar-refractivity contribution in [3.8, 4) is 5.75 Å². The molecule has 0 aliphatic carbocycles. The lowest BCUT2D eigenvalue weighted by Gasteiger charge is -2.33. The van der Waals surface area contributed by atoms with Crippen LogP contribution in [0.2, 0.25) is 0 Å². The number of likely N-dealkylation sites (tertiary alicyclic amines) is 1. The first-order valence-corrected chi connectivity index (χ1v) is 12.7. The molecule has 0 bridgehead atoms. The predicted molar refractivity (Wildman–Crippen MR) is 144 cm³/mol. The van der Waals surface area contributed by atoms with Crippen LogP contribution >= 0.6 is 0 Å². The molecule has 1 amide bonds. The summed E-state index contributed by atoms with van der Waals surface area (Å²) < 4.78 is 11.0. The number of carbonyl (C=O) groups excluding carboxylic acids is 1. The lowest BCUT2D eigenvalue weighted by molar-refractivity contribution is 0.0595. The normalized spacial score (nSPS) is 14.9. The predicted octanol–water partition coefficient (Wildman–Crippen LogP) is 5.80. The molecule has 1 unspecified atom stereocenters. The maximum absolute atomic E-state index is 12.8.